The van der Waals surface area contributed by atoms with Gasteiger partial charge in [0.15, 0.2) is 0 Å². The standard InChI is InChI=1S/C18H22N6O2.C2HF3O2/c25-16(15-13-19-7-8-20-15)24-9-3-18(4-10-24)12-14(2-11-26-18)23-17-21-5-1-6-22-17;3-2(4,5)1(6)7/h1,5-8,13-14H,2-4,9-12H2,(H,21,22,23);(H,6,7). The zero-order valence-electron chi connectivity index (χ0n) is 17.5. The summed E-state index contributed by atoms with van der Waals surface area (Å²) in [6.07, 6.45) is 6.51. The van der Waals surface area contributed by atoms with Crippen LogP contribution >= 0.6 is 0 Å². The van der Waals surface area contributed by atoms with E-state index in [1.54, 1.807) is 30.9 Å². The van der Waals surface area contributed by atoms with Gasteiger partial charge < -0.3 is 20.1 Å². The summed E-state index contributed by atoms with van der Waals surface area (Å²) in [7, 11) is 0. The molecule has 4 rings (SSSR count). The third kappa shape index (κ3) is 6.81. The van der Waals surface area contributed by atoms with Crippen LogP contribution in [0.5, 0.6) is 0 Å². The smallest absolute Gasteiger partial charge is 0.475 e. The lowest BCUT2D eigenvalue weighted by atomic mass is 9.82. The molecule has 1 amide bonds. The Morgan fingerprint density at radius 3 is 2.36 bits per heavy atom. The van der Waals surface area contributed by atoms with Crippen molar-refractivity contribution in [2.75, 3.05) is 25.0 Å². The van der Waals surface area contributed by atoms with Crippen LogP contribution in [-0.4, -0.2) is 79.3 Å². The maximum Gasteiger partial charge on any atom is 0.490 e. The Labute approximate surface area is 187 Å². The molecule has 2 saturated heterocycles. The van der Waals surface area contributed by atoms with Gasteiger partial charge in [0, 0.05) is 50.5 Å². The summed E-state index contributed by atoms with van der Waals surface area (Å²) < 4.78 is 37.9. The number of hydrogen-bond acceptors (Lipinski definition) is 8. The molecule has 2 aromatic rings. The van der Waals surface area contributed by atoms with Gasteiger partial charge in [-0.15, -0.1) is 0 Å². The lowest BCUT2D eigenvalue weighted by Gasteiger charge is -2.46. The molecule has 0 saturated carbocycles. The van der Waals surface area contributed by atoms with Gasteiger partial charge in [0.05, 0.1) is 11.8 Å². The molecule has 2 aliphatic heterocycles. The number of nitrogens with zero attached hydrogens (tertiary/aromatic N) is 5. The van der Waals surface area contributed by atoms with E-state index in [0.717, 1.165) is 25.7 Å². The van der Waals surface area contributed by atoms with Crippen molar-refractivity contribution in [1.29, 1.82) is 0 Å². The highest BCUT2D eigenvalue weighted by atomic mass is 19.4. The van der Waals surface area contributed by atoms with Crippen molar-refractivity contribution < 1.29 is 32.6 Å². The summed E-state index contributed by atoms with van der Waals surface area (Å²) in [6.45, 7) is 2.05. The van der Waals surface area contributed by atoms with Gasteiger partial charge in [0.1, 0.15) is 5.69 Å². The molecule has 0 bridgehead atoms. The van der Waals surface area contributed by atoms with E-state index in [1.807, 2.05) is 4.90 Å². The molecule has 1 spiro atoms. The molecule has 2 aromatic heterocycles. The summed E-state index contributed by atoms with van der Waals surface area (Å²) in [6, 6.07) is 2.09. The van der Waals surface area contributed by atoms with Gasteiger partial charge in [-0.3, -0.25) is 9.78 Å². The number of carboxylic acid groups (broad SMARTS) is 1. The van der Waals surface area contributed by atoms with Gasteiger partial charge in [0.25, 0.3) is 5.91 Å². The number of piperidine rings is 1. The molecular formula is C20H23F3N6O4. The third-order valence-corrected chi connectivity index (χ3v) is 5.38. The zero-order valence-corrected chi connectivity index (χ0v) is 17.5. The molecule has 10 nitrogen and oxygen atoms in total. The highest BCUT2D eigenvalue weighted by molar-refractivity contribution is 5.92. The predicted octanol–water partition coefficient (Wildman–Crippen LogP) is 2.17. The van der Waals surface area contributed by atoms with E-state index in [9.17, 15) is 18.0 Å². The zero-order chi connectivity index (χ0) is 23.9. The van der Waals surface area contributed by atoms with E-state index < -0.39 is 12.1 Å². The number of aromatic nitrogens is 4. The first kappa shape index (κ1) is 24.3. The number of hydrogen-bond donors (Lipinski definition) is 2. The fourth-order valence-electron chi connectivity index (χ4n) is 3.74. The highest BCUT2D eigenvalue weighted by Crippen LogP contribution is 2.36. The molecule has 0 aromatic carbocycles. The van der Waals surface area contributed by atoms with Gasteiger partial charge in [-0.25, -0.2) is 19.7 Å². The van der Waals surface area contributed by atoms with Crippen LogP contribution in [0.25, 0.3) is 0 Å². The Morgan fingerprint density at radius 1 is 1.12 bits per heavy atom. The van der Waals surface area contributed by atoms with Gasteiger partial charge in [0.2, 0.25) is 5.95 Å². The van der Waals surface area contributed by atoms with Crippen molar-refractivity contribution in [2.24, 2.45) is 0 Å². The first-order valence-electron chi connectivity index (χ1n) is 10.2. The molecule has 2 fully saturated rings. The van der Waals surface area contributed by atoms with E-state index in [0.29, 0.717) is 31.3 Å². The summed E-state index contributed by atoms with van der Waals surface area (Å²) >= 11 is 0. The van der Waals surface area contributed by atoms with Crippen LogP contribution in [0.2, 0.25) is 0 Å². The van der Waals surface area contributed by atoms with Crippen molar-refractivity contribution in [1.82, 2.24) is 24.8 Å². The highest BCUT2D eigenvalue weighted by Gasteiger charge is 2.41. The third-order valence-electron chi connectivity index (χ3n) is 5.38. The summed E-state index contributed by atoms with van der Waals surface area (Å²) in [5.74, 6) is -2.16. The average molecular weight is 468 g/mol. The SMILES string of the molecule is O=C(O)C(F)(F)F.O=C(c1cnccn1)N1CCC2(CC1)CC(Nc1ncccn1)CCO2. The van der Waals surface area contributed by atoms with Gasteiger partial charge in [-0.1, -0.05) is 0 Å². The number of halogens is 3. The number of rotatable bonds is 3. The Kier molecular flexibility index (Phi) is 7.74. The number of nitrogens with one attached hydrogen (secondary N) is 1. The number of ether oxygens (including phenoxy) is 1. The maximum atomic E-state index is 12.5. The molecule has 33 heavy (non-hydrogen) atoms. The van der Waals surface area contributed by atoms with Crippen molar-refractivity contribution in [2.45, 2.75) is 43.5 Å². The molecule has 178 valence electrons. The molecular weight excluding hydrogens is 445 g/mol. The van der Waals surface area contributed by atoms with E-state index in [4.69, 9.17) is 14.6 Å². The number of aliphatic carboxylic acids is 1. The van der Waals surface area contributed by atoms with Crippen LogP contribution in [0.1, 0.15) is 36.2 Å². The van der Waals surface area contributed by atoms with E-state index >= 15 is 0 Å². The first-order chi connectivity index (χ1) is 15.7. The topological polar surface area (TPSA) is 130 Å². The van der Waals surface area contributed by atoms with Crippen LogP contribution in [0.15, 0.2) is 37.1 Å². The number of amides is 1. The number of carbonyl (C=O) groups is 2. The number of carboxylic acids is 1. The van der Waals surface area contributed by atoms with E-state index in [-0.39, 0.29) is 17.6 Å². The Hall–Kier alpha value is -3.35. The molecule has 1 atom stereocenters. The minimum Gasteiger partial charge on any atom is -0.475 e. The Morgan fingerprint density at radius 2 is 1.79 bits per heavy atom. The Balaban J connectivity index is 0.000000383. The van der Waals surface area contributed by atoms with Crippen LogP contribution in [0, 0.1) is 0 Å². The summed E-state index contributed by atoms with van der Waals surface area (Å²) in [5.41, 5.74) is 0.220. The number of likely N-dealkylation sites (tertiary alicyclic amines) is 1. The van der Waals surface area contributed by atoms with Gasteiger partial charge in [-0.2, -0.15) is 13.2 Å². The quantitative estimate of drug-likeness (QED) is 0.696. The fourth-order valence-corrected chi connectivity index (χ4v) is 3.74. The minimum atomic E-state index is -5.08. The number of carbonyl (C=O) groups excluding carboxylic acids is 1. The normalized spacial score (nSPS) is 19.8. The van der Waals surface area contributed by atoms with Crippen molar-refractivity contribution in [3.8, 4) is 0 Å². The first-order valence-corrected chi connectivity index (χ1v) is 10.2. The fraction of sp³-hybridized carbons (Fsp3) is 0.500. The average Bonchev–Trinajstić information content (AvgIpc) is 2.80. The number of alkyl halides is 3. The van der Waals surface area contributed by atoms with Crippen molar-refractivity contribution >= 4 is 17.8 Å². The summed E-state index contributed by atoms with van der Waals surface area (Å²) in [4.78, 5) is 39.8. The molecule has 1 unspecified atom stereocenters. The van der Waals surface area contributed by atoms with Crippen molar-refractivity contribution in [3.05, 3.63) is 42.7 Å². The van der Waals surface area contributed by atoms with Gasteiger partial charge in [-0.05, 0) is 31.7 Å². The van der Waals surface area contributed by atoms with Crippen LogP contribution in [0.3, 0.4) is 0 Å². The largest absolute Gasteiger partial charge is 0.490 e. The molecule has 2 N–H and O–H groups in total. The van der Waals surface area contributed by atoms with Crippen LogP contribution in [-0.2, 0) is 9.53 Å². The summed E-state index contributed by atoms with van der Waals surface area (Å²) in [5, 5.41) is 10.5. The van der Waals surface area contributed by atoms with E-state index in [1.165, 1.54) is 6.20 Å². The predicted molar refractivity (Wildman–Crippen MR) is 108 cm³/mol. The van der Waals surface area contributed by atoms with Gasteiger partial charge >= 0.3 is 12.1 Å². The second-order valence-corrected chi connectivity index (χ2v) is 7.62. The van der Waals surface area contributed by atoms with Crippen LogP contribution in [0.4, 0.5) is 19.1 Å². The van der Waals surface area contributed by atoms with E-state index in [2.05, 4.69) is 25.3 Å². The second kappa shape index (κ2) is 10.5. The molecule has 13 heteroatoms. The molecule has 0 radical (unpaired) electrons. The Bertz CT molecular complexity index is 924. The van der Waals surface area contributed by atoms with Crippen LogP contribution < -0.4 is 5.32 Å². The lowest BCUT2D eigenvalue weighted by molar-refractivity contribution is -0.192. The monoisotopic (exact) mass is 468 g/mol. The minimum absolute atomic E-state index is 0.0591. The maximum absolute atomic E-state index is 12.5. The second-order valence-electron chi connectivity index (χ2n) is 7.62. The molecule has 4 heterocycles. The number of anilines is 1. The lowest BCUT2D eigenvalue weighted by Crippen LogP contribution is -2.52. The molecule has 0 aliphatic carbocycles. The van der Waals surface area contributed by atoms with Crippen molar-refractivity contribution in [3.63, 3.8) is 0 Å². The molecule has 2 aliphatic rings.